The fraction of sp³-hybridized carbons (Fsp3) is 0.294. The summed E-state index contributed by atoms with van der Waals surface area (Å²) in [5, 5.41) is 2.89. The summed E-state index contributed by atoms with van der Waals surface area (Å²) < 4.78 is 14.6. The lowest BCUT2D eigenvalue weighted by Gasteiger charge is -2.25. The van der Waals surface area contributed by atoms with Crippen molar-refractivity contribution in [3.8, 4) is 0 Å². The number of benzene rings is 1. The molecule has 0 spiro atoms. The summed E-state index contributed by atoms with van der Waals surface area (Å²) in [6.45, 7) is 2.63. The Morgan fingerprint density at radius 3 is 2.86 bits per heavy atom. The van der Waals surface area contributed by atoms with Crippen molar-refractivity contribution in [1.82, 2.24) is 10.3 Å². The third-order valence-electron chi connectivity index (χ3n) is 4.18. The summed E-state index contributed by atoms with van der Waals surface area (Å²) in [6, 6.07) is 7.31. The van der Waals surface area contributed by atoms with Gasteiger partial charge in [0.25, 0.3) is 0 Å². The van der Waals surface area contributed by atoms with Crippen LogP contribution in [0.5, 0.6) is 0 Å². The van der Waals surface area contributed by atoms with Crippen molar-refractivity contribution in [3.05, 3.63) is 62.7 Å². The number of pyridine rings is 1. The average molecular weight is 410 g/mol. The van der Waals surface area contributed by atoms with Crippen LogP contribution in [0.4, 0.5) is 4.39 Å². The Morgan fingerprint density at radius 1 is 1.41 bits per heavy atom. The molecule has 5 heteroatoms. The molecule has 1 aliphatic rings. The second kappa shape index (κ2) is 6.32. The molecule has 0 radical (unpaired) electrons. The summed E-state index contributed by atoms with van der Waals surface area (Å²) in [7, 11) is 0. The zero-order valence-corrected chi connectivity index (χ0v) is 14.3. The van der Waals surface area contributed by atoms with Gasteiger partial charge in [0.2, 0.25) is 5.91 Å². The molecule has 1 saturated heterocycles. The first-order chi connectivity index (χ1) is 10.6. The van der Waals surface area contributed by atoms with Gasteiger partial charge in [-0.05, 0) is 70.3 Å². The maximum atomic E-state index is 14.0. The minimum absolute atomic E-state index is 0.00606. The molecule has 2 heterocycles. The van der Waals surface area contributed by atoms with Gasteiger partial charge in [-0.1, -0.05) is 6.07 Å². The van der Waals surface area contributed by atoms with Crippen LogP contribution in [0.3, 0.4) is 0 Å². The van der Waals surface area contributed by atoms with Gasteiger partial charge in [0.05, 0.1) is 0 Å². The molecule has 0 saturated carbocycles. The number of hydrogen-bond donors (Lipinski definition) is 1. The molecule has 3 nitrogen and oxygen atoms in total. The van der Waals surface area contributed by atoms with E-state index in [1.165, 1.54) is 0 Å². The van der Waals surface area contributed by atoms with Gasteiger partial charge in [-0.2, -0.15) is 0 Å². The molecule has 1 aromatic carbocycles. The van der Waals surface area contributed by atoms with Gasteiger partial charge >= 0.3 is 0 Å². The number of nitrogens with one attached hydrogen (secondary N) is 1. The second-order valence-electron chi connectivity index (χ2n) is 5.65. The van der Waals surface area contributed by atoms with E-state index in [2.05, 4.69) is 10.3 Å². The highest BCUT2D eigenvalue weighted by Gasteiger charge is 2.32. The van der Waals surface area contributed by atoms with Gasteiger partial charge in [0.15, 0.2) is 0 Å². The first-order valence-corrected chi connectivity index (χ1v) is 8.26. The molecule has 0 aliphatic carbocycles. The van der Waals surface area contributed by atoms with E-state index in [1.54, 1.807) is 18.3 Å². The average Bonchev–Trinajstić information content (AvgIpc) is 2.91. The summed E-state index contributed by atoms with van der Waals surface area (Å²) in [5.41, 5.74) is 3.08. The van der Waals surface area contributed by atoms with Crippen molar-refractivity contribution in [2.75, 3.05) is 6.54 Å². The first kappa shape index (κ1) is 15.4. The van der Waals surface area contributed by atoms with Crippen molar-refractivity contribution in [2.45, 2.75) is 19.3 Å². The van der Waals surface area contributed by atoms with E-state index in [-0.39, 0.29) is 23.6 Å². The Kier molecular flexibility index (Phi) is 4.42. The number of carbonyl (C=O) groups excluding carboxylic acids is 1. The van der Waals surface area contributed by atoms with Crippen LogP contribution in [-0.2, 0) is 4.79 Å². The monoisotopic (exact) mass is 410 g/mol. The van der Waals surface area contributed by atoms with Gasteiger partial charge < -0.3 is 5.32 Å². The maximum absolute atomic E-state index is 14.0. The Labute approximate surface area is 142 Å². The molecular formula is C17H16FIN2O. The predicted molar refractivity (Wildman–Crippen MR) is 91.1 cm³/mol. The molecule has 2 atom stereocenters. The van der Waals surface area contributed by atoms with Crippen molar-refractivity contribution in [3.63, 3.8) is 0 Å². The lowest BCUT2D eigenvalue weighted by atomic mass is 9.79. The molecule has 1 amide bonds. The first-order valence-electron chi connectivity index (χ1n) is 7.18. The number of aromatic nitrogens is 1. The lowest BCUT2D eigenvalue weighted by molar-refractivity contribution is -0.119. The molecule has 1 N–H and O–H groups in total. The maximum Gasteiger partial charge on any atom is 0.220 e. The van der Waals surface area contributed by atoms with Crippen LogP contribution in [0.1, 0.15) is 29.0 Å². The van der Waals surface area contributed by atoms with E-state index in [4.69, 9.17) is 0 Å². The quantitative estimate of drug-likeness (QED) is 0.789. The molecule has 0 bridgehead atoms. The molecule has 2 unspecified atom stereocenters. The van der Waals surface area contributed by atoms with Gasteiger partial charge in [-0.15, -0.1) is 0 Å². The van der Waals surface area contributed by atoms with E-state index in [1.807, 2.05) is 47.8 Å². The molecule has 1 fully saturated rings. The van der Waals surface area contributed by atoms with E-state index < -0.39 is 0 Å². The number of carbonyl (C=O) groups is 1. The summed E-state index contributed by atoms with van der Waals surface area (Å²) in [6.07, 6.45) is 4.04. The fourth-order valence-corrected chi connectivity index (χ4v) is 3.44. The summed E-state index contributed by atoms with van der Waals surface area (Å²) >= 11 is 1.99. The highest BCUT2D eigenvalue weighted by atomic mass is 127. The van der Waals surface area contributed by atoms with Crippen LogP contribution in [0.25, 0.3) is 0 Å². The number of nitrogens with zero attached hydrogens (tertiary/aromatic N) is 1. The van der Waals surface area contributed by atoms with Crippen molar-refractivity contribution < 1.29 is 9.18 Å². The molecular weight excluding hydrogens is 394 g/mol. The number of amides is 1. The highest BCUT2D eigenvalue weighted by Crippen LogP contribution is 2.37. The third kappa shape index (κ3) is 2.99. The molecule has 2 aromatic rings. The number of aryl methyl sites for hydroxylation is 1. The number of halogens is 2. The minimum atomic E-state index is -0.216. The number of rotatable bonds is 3. The fourth-order valence-electron chi connectivity index (χ4n) is 3.11. The zero-order valence-electron chi connectivity index (χ0n) is 12.1. The van der Waals surface area contributed by atoms with E-state index >= 15 is 0 Å². The van der Waals surface area contributed by atoms with Crippen LogP contribution in [-0.4, -0.2) is 17.4 Å². The van der Waals surface area contributed by atoms with Crippen LogP contribution in [0.2, 0.25) is 0 Å². The van der Waals surface area contributed by atoms with E-state index in [0.29, 0.717) is 16.5 Å². The van der Waals surface area contributed by atoms with Crippen molar-refractivity contribution in [1.29, 1.82) is 0 Å². The van der Waals surface area contributed by atoms with Crippen LogP contribution in [0, 0.1) is 22.2 Å². The van der Waals surface area contributed by atoms with Crippen LogP contribution < -0.4 is 5.32 Å². The highest BCUT2D eigenvalue weighted by molar-refractivity contribution is 14.1. The standard InChI is InChI=1S/C17H16FIN2O/c1-10-8-20-5-4-13(10)17(12-7-16(22)21-9-12)11-2-3-15(19)14(18)6-11/h2-6,8,12,17H,7,9H2,1H3,(H,21,22). The minimum Gasteiger partial charge on any atom is -0.356 e. The SMILES string of the molecule is Cc1cnccc1C(c1ccc(I)c(F)c1)C1CNC(=O)C1. The van der Waals surface area contributed by atoms with Gasteiger partial charge in [-0.25, -0.2) is 4.39 Å². The van der Waals surface area contributed by atoms with Crippen LogP contribution in [0.15, 0.2) is 36.7 Å². The Hall–Kier alpha value is -1.50. The smallest absolute Gasteiger partial charge is 0.220 e. The molecule has 114 valence electrons. The predicted octanol–water partition coefficient (Wildman–Crippen LogP) is 3.40. The normalized spacial score (nSPS) is 19.0. The third-order valence-corrected chi connectivity index (χ3v) is 5.06. The summed E-state index contributed by atoms with van der Waals surface area (Å²) in [5.74, 6) is -0.0266. The molecule has 1 aliphatic heterocycles. The van der Waals surface area contributed by atoms with Crippen molar-refractivity contribution in [2.24, 2.45) is 5.92 Å². The summed E-state index contributed by atoms with van der Waals surface area (Å²) in [4.78, 5) is 15.8. The molecule has 22 heavy (non-hydrogen) atoms. The van der Waals surface area contributed by atoms with Gasteiger partial charge in [-0.3, -0.25) is 9.78 Å². The lowest BCUT2D eigenvalue weighted by Crippen LogP contribution is -2.19. The molecule has 1 aromatic heterocycles. The van der Waals surface area contributed by atoms with Crippen molar-refractivity contribution >= 4 is 28.5 Å². The van der Waals surface area contributed by atoms with Gasteiger partial charge in [0, 0.05) is 34.8 Å². The van der Waals surface area contributed by atoms with Gasteiger partial charge in [0.1, 0.15) is 5.82 Å². The second-order valence-corrected chi connectivity index (χ2v) is 6.81. The van der Waals surface area contributed by atoms with Crippen LogP contribution >= 0.6 is 22.6 Å². The van der Waals surface area contributed by atoms with E-state index in [0.717, 1.165) is 16.7 Å². The van der Waals surface area contributed by atoms with E-state index in [9.17, 15) is 9.18 Å². The zero-order chi connectivity index (χ0) is 15.7. The Morgan fingerprint density at radius 2 is 2.23 bits per heavy atom. The Bertz CT molecular complexity index is 720. The topological polar surface area (TPSA) is 42.0 Å². The molecule has 3 rings (SSSR count). The Balaban J connectivity index is 2.08. The number of hydrogen-bond acceptors (Lipinski definition) is 2. The largest absolute Gasteiger partial charge is 0.356 e.